The molecule has 166 valence electrons. The zero-order chi connectivity index (χ0) is 22.5. The highest BCUT2D eigenvalue weighted by Crippen LogP contribution is 2.29. The molecule has 0 aromatic heterocycles. The van der Waals surface area contributed by atoms with E-state index in [2.05, 4.69) is 5.32 Å². The summed E-state index contributed by atoms with van der Waals surface area (Å²) < 4.78 is 64.5. The molecule has 5 nitrogen and oxygen atoms in total. The van der Waals surface area contributed by atoms with Gasteiger partial charge in [0.05, 0.1) is 10.5 Å². The van der Waals surface area contributed by atoms with Gasteiger partial charge in [0.1, 0.15) is 0 Å². The minimum Gasteiger partial charge on any atom is -0.348 e. The largest absolute Gasteiger partial charge is 0.416 e. The number of rotatable bonds is 6. The van der Waals surface area contributed by atoms with Gasteiger partial charge in [0, 0.05) is 25.7 Å². The second kappa shape index (κ2) is 9.65. The van der Waals surface area contributed by atoms with E-state index in [1.165, 1.54) is 40.7 Å². The van der Waals surface area contributed by atoms with Gasteiger partial charge >= 0.3 is 6.18 Å². The first-order valence-electron chi connectivity index (χ1n) is 9.88. The zero-order valence-electron chi connectivity index (χ0n) is 16.7. The number of nitrogens with zero attached hydrogens (tertiary/aromatic N) is 1. The smallest absolute Gasteiger partial charge is 0.348 e. The van der Waals surface area contributed by atoms with Gasteiger partial charge in [0.15, 0.2) is 0 Å². The number of carbonyl (C=O) groups is 1. The van der Waals surface area contributed by atoms with Crippen molar-refractivity contribution < 1.29 is 26.4 Å². The molecule has 0 aliphatic carbocycles. The third-order valence-corrected chi connectivity index (χ3v) is 6.92. The van der Waals surface area contributed by atoms with E-state index in [4.69, 9.17) is 0 Å². The number of amides is 1. The summed E-state index contributed by atoms with van der Waals surface area (Å²) in [5, 5.41) is 2.66. The monoisotopic (exact) mass is 452 g/mol. The topological polar surface area (TPSA) is 66.5 Å². The lowest BCUT2D eigenvalue weighted by Gasteiger charge is -2.25. The van der Waals surface area contributed by atoms with Crippen LogP contribution in [0.15, 0.2) is 59.5 Å². The molecule has 1 aliphatic rings. The minimum atomic E-state index is -4.40. The summed E-state index contributed by atoms with van der Waals surface area (Å²) in [6.45, 7) is 1.26. The van der Waals surface area contributed by atoms with E-state index < -0.39 is 27.7 Å². The first-order chi connectivity index (χ1) is 14.7. The van der Waals surface area contributed by atoms with Crippen LogP contribution >= 0.6 is 0 Å². The molecule has 1 amide bonds. The summed E-state index contributed by atoms with van der Waals surface area (Å²) in [7, 11) is -3.50. The van der Waals surface area contributed by atoms with E-state index >= 15 is 0 Å². The molecule has 1 aliphatic heterocycles. The Kier molecular flexibility index (Phi) is 7.17. The average Bonchev–Trinajstić information content (AvgIpc) is 2.77. The van der Waals surface area contributed by atoms with Crippen molar-refractivity contribution in [3.63, 3.8) is 0 Å². The standard InChI is InChI=1S/C22H23F3N2O3S/c23-22(24,25)19-9-4-17(5-10-19)8-13-21(28)26-16-18-6-11-20(12-7-18)31(29,30)27-14-2-1-3-15-27/h4-13H,1-3,14-16H2,(H,26,28)/b13-8+. The Labute approximate surface area is 179 Å². The van der Waals surface area contributed by atoms with Crippen molar-refractivity contribution in [2.75, 3.05) is 13.1 Å². The highest BCUT2D eigenvalue weighted by Gasteiger charge is 2.29. The van der Waals surface area contributed by atoms with Crippen molar-refractivity contribution in [1.29, 1.82) is 0 Å². The number of nitrogens with one attached hydrogen (secondary N) is 1. The van der Waals surface area contributed by atoms with E-state index in [9.17, 15) is 26.4 Å². The average molecular weight is 452 g/mol. The van der Waals surface area contributed by atoms with Crippen LogP contribution in [0.1, 0.15) is 36.0 Å². The Morgan fingerprint density at radius 1 is 0.968 bits per heavy atom. The van der Waals surface area contributed by atoms with E-state index in [-0.39, 0.29) is 11.4 Å². The fraction of sp³-hybridized carbons (Fsp3) is 0.318. The van der Waals surface area contributed by atoms with Gasteiger partial charge < -0.3 is 5.32 Å². The lowest BCUT2D eigenvalue weighted by atomic mass is 10.1. The van der Waals surface area contributed by atoms with Crippen molar-refractivity contribution in [1.82, 2.24) is 9.62 Å². The molecule has 0 atom stereocenters. The number of carbonyl (C=O) groups excluding carboxylic acids is 1. The van der Waals surface area contributed by atoms with E-state index in [1.807, 2.05) is 0 Å². The molecule has 1 saturated heterocycles. The molecule has 1 fully saturated rings. The Hall–Kier alpha value is -2.65. The number of hydrogen-bond acceptors (Lipinski definition) is 3. The SMILES string of the molecule is O=C(/C=C/c1ccc(C(F)(F)F)cc1)NCc1ccc(S(=O)(=O)N2CCCCC2)cc1. The number of hydrogen-bond donors (Lipinski definition) is 1. The van der Waals surface area contributed by atoms with Gasteiger partial charge in [-0.3, -0.25) is 4.79 Å². The molecule has 3 rings (SSSR count). The van der Waals surface area contributed by atoms with E-state index in [0.29, 0.717) is 18.7 Å². The lowest BCUT2D eigenvalue weighted by molar-refractivity contribution is -0.137. The quantitative estimate of drug-likeness (QED) is 0.668. The number of benzene rings is 2. The second-order valence-electron chi connectivity index (χ2n) is 7.28. The molecule has 2 aromatic rings. The molecule has 2 aromatic carbocycles. The van der Waals surface area contributed by atoms with Crippen LogP contribution in [0.3, 0.4) is 0 Å². The van der Waals surface area contributed by atoms with Crippen LogP contribution in [0.25, 0.3) is 6.08 Å². The van der Waals surface area contributed by atoms with Crippen LogP contribution in [0.5, 0.6) is 0 Å². The van der Waals surface area contributed by atoms with E-state index in [0.717, 1.165) is 37.0 Å². The normalized spacial score (nSPS) is 15.8. The van der Waals surface area contributed by atoms with Gasteiger partial charge in [-0.2, -0.15) is 17.5 Å². The summed E-state index contributed by atoms with van der Waals surface area (Å²) in [5.74, 6) is -0.412. The Bertz CT molecular complexity index is 1030. The van der Waals surface area contributed by atoms with Crippen molar-refractivity contribution in [3.05, 3.63) is 71.3 Å². The third kappa shape index (κ3) is 6.18. The maximum Gasteiger partial charge on any atom is 0.416 e. The maximum absolute atomic E-state index is 12.6. The summed E-state index contributed by atoms with van der Waals surface area (Å²) in [4.78, 5) is 12.2. The third-order valence-electron chi connectivity index (χ3n) is 5.01. The molecule has 0 saturated carbocycles. The van der Waals surface area contributed by atoms with Crippen molar-refractivity contribution in [3.8, 4) is 0 Å². The molecule has 9 heteroatoms. The highest BCUT2D eigenvalue weighted by molar-refractivity contribution is 7.89. The molecular formula is C22H23F3N2O3S. The zero-order valence-corrected chi connectivity index (χ0v) is 17.5. The first kappa shape index (κ1) is 23.0. The van der Waals surface area contributed by atoms with Crippen LogP contribution in [0.2, 0.25) is 0 Å². The van der Waals surface area contributed by atoms with Crippen molar-refractivity contribution >= 4 is 22.0 Å². The number of piperidine rings is 1. The predicted molar refractivity (Wildman–Crippen MR) is 111 cm³/mol. The molecule has 31 heavy (non-hydrogen) atoms. The molecule has 1 N–H and O–H groups in total. The van der Waals surface area contributed by atoms with Crippen molar-refractivity contribution in [2.45, 2.75) is 36.9 Å². The van der Waals surface area contributed by atoms with Crippen LogP contribution in [-0.4, -0.2) is 31.7 Å². The first-order valence-corrected chi connectivity index (χ1v) is 11.3. The molecule has 1 heterocycles. The number of sulfonamides is 1. The van der Waals surface area contributed by atoms with Gasteiger partial charge in [-0.05, 0) is 54.3 Å². The van der Waals surface area contributed by atoms with Gasteiger partial charge in [-0.15, -0.1) is 0 Å². The van der Waals surface area contributed by atoms with Gasteiger partial charge in [-0.1, -0.05) is 30.7 Å². The molecular weight excluding hydrogens is 429 g/mol. The Balaban J connectivity index is 1.54. The molecule has 0 unspecified atom stereocenters. The van der Waals surface area contributed by atoms with Crippen LogP contribution in [0, 0.1) is 0 Å². The molecule has 0 radical (unpaired) electrons. The van der Waals surface area contributed by atoms with Crippen LogP contribution in [0.4, 0.5) is 13.2 Å². The fourth-order valence-corrected chi connectivity index (χ4v) is 4.75. The lowest BCUT2D eigenvalue weighted by Crippen LogP contribution is -2.35. The Morgan fingerprint density at radius 3 is 2.16 bits per heavy atom. The van der Waals surface area contributed by atoms with Gasteiger partial charge in [-0.25, -0.2) is 8.42 Å². The molecule has 0 spiro atoms. The van der Waals surface area contributed by atoms with Gasteiger partial charge in [0.25, 0.3) is 0 Å². The number of alkyl halides is 3. The molecule has 0 bridgehead atoms. The summed E-state index contributed by atoms with van der Waals surface area (Å²) in [6, 6.07) is 10.8. The maximum atomic E-state index is 12.6. The van der Waals surface area contributed by atoms with Crippen LogP contribution < -0.4 is 5.32 Å². The Morgan fingerprint density at radius 2 is 1.58 bits per heavy atom. The fourth-order valence-electron chi connectivity index (χ4n) is 3.24. The summed E-state index contributed by atoms with van der Waals surface area (Å²) >= 11 is 0. The highest BCUT2D eigenvalue weighted by atomic mass is 32.2. The van der Waals surface area contributed by atoms with Gasteiger partial charge in [0.2, 0.25) is 15.9 Å². The number of halogens is 3. The second-order valence-corrected chi connectivity index (χ2v) is 9.22. The minimum absolute atomic E-state index is 0.195. The summed E-state index contributed by atoms with van der Waals surface area (Å²) in [5.41, 5.74) is 0.448. The van der Waals surface area contributed by atoms with E-state index in [1.54, 1.807) is 12.1 Å². The summed E-state index contributed by atoms with van der Waals surface area (Å²) in [6.07, 6.45) is 1.02. The van der Waals surface area contributed by atoms with Crippen LogP contribution in [-0.2, 0) is 27.5 Å². The van der Waals surface area contributed by atoms with Crippen molar-refractivity contribution in [2.24, 2.45) is 0 Å². The predicted octanol–water partition coefficient (Wildman–Crippen LogP) is 4.21.